The van der Waals surface area contributed by atoms with Gasteiger partial charge in [0, 0.05) is 6.42 Å². The van der Waals surface area contributed by atoms with E-state index >= 15 is 0 Å². The summed E-state index contributed by atoms with van der Waals surface area (Å²) < 4.78 is 0. The molecule has 0 fully saturated rings. The molecule has 0 heterocycles. The van der Waals surface area contributed by atoms with Crippen molar-refractivity contribution >= 4 is 18.3 Å². The first-order chi connectivity index (χ1) is 6.27. The Morgan fingerprint density at radius 3 is 1.79 bits per heavy atom. The van der Waals surface area contributed by atoms with Gasteiger partial charge < -0.3 is 5.73 Å². The molecule has 2 nitrogen and oxygen atoms in total. The van der Waals surface area contributed by atoms with E-state index in [2.05, 4.69) is 6.92 Å². The molecule has 1 amide bonds. The Bertz CT molecular complexity index is 128. The van der Waals surface area contributed by atoms with Gasteiger partial charge in [-0.2, -0.15) is 0 Å². The van der Waals surface area contributed by atoms with Crippen LogP contribution in [0.3, 0.4) is 0 Å². The Morgan fingerprint density at radius 1 is 0.929 bits per heavy atom. The SMILES string of the molecule is CCCCCCCCCCC(N)=O.Cl. The molecule has 0 saturated heterocycles. The highest BCUT2D eigenvalue weighted by molar-refractivity contribution is 5.85. The fourth-order valence-electron chi connectivity index (χ4n) is 1.43. The van der Waals surface area contributed by atoms with Crippen molar-refractivity contribution in [3.63, 3.8) is 0 Å². The van der Waals surface area contributed by atoms with Crippen molar-refractivity contribution in [3.8, 4) is 0 Å². The summed E-state index contributed by atoms with van der Waals surface area (Å²) in [6.45, 7) is 2.23. The van der Waals surface area contributed by atoms with Crippen LogP contribution in [0.15, 0.2) is 0 Å². The number of amides is 1. The predicted octanol–water partition coefficient (Wildman–Crippen LogP) is 3.42. The second-order valence-corrected chi connectivity index (χ2v) is 3.69. The fraction of sp³-hybridized carbons (Fsp3) is 0.909. The molecule has 0 unspecified atom stereocenters. The molecule has 0 aliphatic carbocycles. The number of carbonyl (C=O) groups excluding carboxylic acids is 1. The molecule has 0 aromatic carbocycles. The van der Waals surface area contributed by atoms with Crippen LogP contribution in [-0.4, -0.2) is 5.91 Å². The molecule has 86 valence electrons. The number of nitrogens with two attached hydrogens (primary N) is 1. The summed E-state index contributed by atoms with van der Waals surface area (Å²) in [6, 6.07) is 0. The van der Waals surface area contributed by atoms with E-state index < -0.39 is 0 Å². The maximum Gasteiger partial charge on any atom is 0.217 e. The van der Waals surface area contributed by atoms with E-state index in [1.165, 1.54) is 38.5 Å². The highest BCUT2D eigenvalue weighted by atomic mass is 35.5. The number of rotatable bonds is 9. The summed E-state index contributed by atoms with van der Waals surface area (Å²) in [5.74, 6) is -0.161. The minimum atomic E-state index is -0.161. The van der Waals surface area contributed by atoms with E-state index in [9.17, 15) is 4.79 Å². The van der Waals surface area contributed by atoms with Gasteiger partial charge in [0.1, 0.15) is 0 Å². The van der Waals surface area contributed by atoms with Gasteiger partial charge in [-0.15, -0.1) is 12.4 Å². The maximum absolute atomic E-state index is 10.4. The zero-order valence-electron chi connectivity index (χ0n) is 9.26. The molecule has 0 saturated carbocycles. The molecule has 2 N–H and O–H groups in total. The van der Waals surface area contributed by atoms with Gasteiger partial charge in [-0.1, -0.05) is 51.9 Å². The van der Waals surface area contributed by atoms with Gasteiger partial charge in [-0.25, -0.2) is 0 Å². The molecule has 0 aromatic rings. The summed E-state index contributed by atoms with van der Waals surface area (Å²) >= 11 is 0. The van der Waals surface area contributed by atoms with Gasteiger partial charge in [0.25, 0.3) is 0 Å². The van der Waals surface area contributed by atoms with Crippen molar-refractivity contribution in [3.05, 3.63) is 0 Å². The van der Waals surface area contributed by atoms with Gasteiger partial charge >= 0.3 is 0 Å². The number of primary amides is 1. The standard InChI is InChI=1S/C11H23NO.ClH/c1-2-3-4-5-6-7-8-9-10-11(12)13;/h2-10H2,1H3,(H2,12,13);1H. The summed E-state index contributed by atoms with van der Waals surface area (Å²) in [5, 5.41) is 0. The Kier molecular flexibility index (Phi) is 14.8. The Balaban J connectivity index is 0. The summed E-state index contributed by atoms with van der Waals surface area (Å²) in [5.41, 5.74) is 5.03. The average molecular weight is 222 g/mol. The lowest BCUT2D eigenvalue weighted by Crippen LogP contribution is -2.09. The Morgan fingerprint density at radius 2 is 1.36 bits per heavy atom. The third kappa shape index (κ3) is 14.3. The lowest BCUT2D eigenvalue weighted by Gasteiger charge is -1.99. The van der Waals surface area contributed by atoms with E-state index in [0.717, 1.165) is 12.8 Å². The molecular weight excluding hydrogens is 198 g/mol. The van der Waals surface area contributed by atoms with Crippen LogP contribution in [0.2, 0.25) is 0 Å². The number of hydrogen-bond acceptors (Lipinski definition) is 1. The first-order valence-electron chi connectivity index (χ1n) is 5.55. The quantitative estimate of drug-likeness (QED) is 0.596. The van der Waals surface area contributed by atoms with E-state index in [-0.39, 0.29) is 18.3 Å². The van der Waals surface area contributed by atoms with Crippen molar-refractivity contribution in [2.24, 2.45) is 5.73 Å². The summed E-state index contributed by atoms with van der Waals surface area (Å²) in [7, 11) is 0. The molecule has 0 spiro atoms. The normalized spacial score (nSPS) is 9.50. The van der Waals surface area contributed by atoms with Crippen LogP contribution >= 0.6 is 12.4 Å². The van der Waals surface area contributed by atoms with E-state index in [1.54, 1.807) is 0 Å². The first-order valence-corrected chi connectivity index (χ1v) is 5.55. The predicted molar refractivity (Wildman–Crippen MR) is 63.7 cm³/mol. The minimum Gasteiger partial charge on any atom is -0.370 e. The van der Waals surface area contributed by atoms with Crippen molar-refractivity contribution in [1.29, 1.82) is 0 Å². The summed E-state index contributed by atoms with van der Waals surface area (Å²) in [4.78, 5) is 10.4. The van der Waals surface area contributed by atoms with Gasteiger partial charge in [-0.3, -0.25) is 4.79 Å². The largest absolute Gasteiger partial charge is 0.370 e. The molecule has 0 aliphatic rings. The van der Waals surface area contributed by atoms with Crippen LogP contribution in [0.25, 0.3) is 0 Å². The number of unbranched alkanes of at least 4 members (excludes halogenated alkanes) is 7. The van der Waals surface area contributed by atoms with E-state index in [4.69, 9.17) is 5.73 Å². The van der Waals surface area contributed by atoms with Gasteiger partial charge in [0.2, 0.25) is 5.91 Å². The van der Waals surface area contributed by atoms with Crippen LogP contribution in [0.4, 0.5) is 0 Å². The molecule has 0 aromatic heterocycles. The molecule has 14 heavy (non-hydrogen) atoms. The van der Waals surface area contributed by atoms with Crippen LogP contribution in [-0.2, 0) is 4.79 Å². The fourth-order valence-corrected chi connectivity index (χ4v) is 1.43. The number of hydrogen-bond donors (Lipinski definition) is 1. The van der Waals surface area contributed by atoms with Crippen molar-refractivity contribution < 1.29 is 4.79 Å². The van der Waals surface area contributed by atoms with E-state index in [0.29, 0.717) is 6.42 Å². The Labute approximate surface area is 94.0 Å². The smallest absolute Gasteiger partial charge is 0.217 e. The topological polar surface area (TPSA) is 43.1 Å². The lowest BCUT2D eigenvalue weighted by molar-refractivity contribution is -0.118. The monoisotopic (exact) mass is 221 g/mol. The summed E-state index contributed by atoms with van der Waals surface area (Å²) in [6.07, 6.45) is 10.7. The second kappa shape index (κ2) is 12.8. The zero-order chi connectivity index (χ0) is 9.94. The first kappa shape index (κ1) is 16.2. The van der Waals surface area contributed by atoms with Crippen LogP contribution in [0.1, 0.15) is 64.7 Å². The highest BCUT2D eigenvalue weighted by Crippen LogP contribution is 2.08. The number of halogens is 1. The number of carbonyl (C=O) groups is 1. The van der Waals surface area contributed by atoms with Gasteiger partial charge in [0.15, 0.2) is 0 Å². The van der Waals surface area contributed by atoms with Crippen molar-refractivity contribution in [2.75, 3.05) is 0 Å². The van der Waals surface area contributed by atoms with Crippen molar-refractivity contribution in [1.82, 2.24) is 0 Å². The molecule has 0 bridgehead atoms. The zero-order valence-corrected chi connectivity index (χ0v) is 10.1. The van der Waals surface area contributed by atoms with E-state index in [1.807, 2.05) is 0 Å². The minimum absolute atomic E-state index is 0. The third-order valence-corrected chi connectivity index (χ3v) is 2.28. The molecule has 3 heteroatoms. The molecule has 0 radical (unpaired) electrons. The molecular formula is C11H24ClNO. The van der Waals surface area contributed by atoms with Crippen LogP contribution in [0, 0.1) is 0 Å². The van der Waals surface area contributed by atoms with Crippen LogP contribution < -0.4 is 5.73 Å². The van der Waals surface area contributed by atoms with Gasteiger partial charge in [0.05, 0.1) is 0 Å². The third-order valence-electron chi connectivity index (χ3n) is 2.28. The van der Waals surface area contributed by atoms with Gasteiger partial charge in [-0.05, 0) is 6.42 Å². The molecule has 0 atom stereocenters. The molecule has 0 aliphatic heterocycles. The van der Waals surface area contributed by atoms with Crippen LogP contribution in [0.5, 0.6) is 0 Å². The average Bonchev–Trinajstić information content (AvgIpc) is 2.09. The Hall–Kier alpha value is -0.240. The molecule has 0 rings (SSSR count). The second-order valence-electron chi connectivity index (χ2n) is 3.69. The maximum atomic E-state index is 10.4. The highest BCUT2D eigenvalue weighted by Gasteiger charge is 1.94. The van der Waals surface area contributed by atoms with Crippen molar-refractivity contribution in [2.45, 2.75) is 64.7 Å². The lowest BCUT2D eigenvalue weighted by atomic mass is 10.1.